The maximum absolute atomic E-state index is 13.6. The van der Waals surface area contributed by atoms with Gasteiger partial charge >= 0.3 is 0 Å². The fourth-order valence-electron chi connectivity index (χ4n) is 6.22. The molecule has 42 heavy (non-hydrogen) atoms. The van der Waals surface area contributed by atoms with E-state index in [9.17, 15) is 19.5 Å². The van der Waals surface area contributed by atoms with Gasteiger partial charge in [-0.25, -0.2) is 0 Å². The van der Waals surface area contributed by atoms with Crippen molar-refractivity contribution in [3.8, 4) is 11.5 Å². The number of benzene rings is 2. The van der Waals surface area contributed by atoms with Crippen molar-refractivity contribution in [2.75, 3.05) is 26.7 Å². The quantitative estimate of drug-likeness (QED) is 0.383. The highest BCUT2D eigenvalue weighted by atomic mass is 35.5. The van der Waals surface area contributed by atoms with Crippen LogP contribution in [0.5, 0.6) is 11.5 Å². The highest BCUT2D eigenvalue weighted by Gasteiger charge is 2.55. The second kappa shape index (κ2) is 13.9. The minimum atomic E-state index is -0.844. The highest BCUT2D eigenvalue weighted by Crippen LogP contribution is 2.37. The molecule has 3 N–H and O–H groups in total. The molecule has 228 valence electrons. The number of piperazine rings is 1. The van der Waals surface area contributed by atoms with Crippen LogP contribution in [-0.4, -0.2) is 77.0 Å². The predicted octanol–water partition coefficient (Wildman–Crippen LogP) is 3.88. The number of carbonyl (C=O) groups excluding carboxylic acids is 3. The lowest BCUT2D eigenvalue weighted by Crippen LogP contribution is -2.75. The van der Waals surface area contributed by atoms with Crippen LogP contribution >= 0.6 is 12.4 Å². The normalized spacial score (nSPS) is 21.2. The van der Waals surface area contributed by atoms with Crippen molar-refractivity contribution in [1.29, 1.82) is 0 Å². The SMILES string of the molecule is CCCCN1C(=O)[C@@H]([C@H](O)C2CCC2)NC(=O)C12CCN(Cc1ccc(Oc3ccc(C(=O)NC)cc3)cc1)CC2.Cl. The summed E-state index contributed by atoms with van der Waals surface area (Å²) in [5.74, 6) is 1.09. The van der Waals surface area contributed by atoms with E-state index in [0.717, 1.165) is 44.2 Å². The van der Waals surface area contributed by atoms with E-state index in [1.165, 1.54) is 0 Å². The molecule has 1 spiro atoms. The average molecular weight is 599 g/mol. The number of halogens is 1. The van der Waals surface area contributed by atoms with Crippen LogP contribution < -0.4 is 15.4 Å². The molecule has 5 rings (SSSR count). The minimum absolute atomic E-state index is 0. The molecular weight excluding hydrogens is 556 g/mol. The number of amides is 3. The third-order valence-corrected chi connectivity index (χ3v) is 9.06. The molecule has 2 aliphatic heterocycles. The van der Waals surface area contributed by atoms with Crippen LogP contribution in [0.2, 0.25) is 0 Å². The van der Waals surface area contributed by atoms with Crippen LogP contribution in [0.3, 0.4) is 0 Å². The van der Waals surface area contributed by atoms with Gasteiger partial charge in [0.15, 0.2) is 0 Å². The Hall–Kier alpha value is -3.14. The summed E-state index contributed by atoms with van der Waals surface area (Å²) in [6.45, 7) is 4.78. The molecule has 3 fully saturated rings. The maximum Gasteiger partial charge on any atom is 0.251 e. The van der Waals surface area contributed by atoms with E-state index in [1.54, 1.807) is 31.3 Å². The Morgan fingerprint density at radius 1 is 1.07 bits per heavy atom. The molecule has 10 heteroatoms. The van der Waals surface area contributed by atoms with Gasteiger partial charge in [-0.2, -0.15) is 0 Å². The number of nitrogens with one attached hydrogen (secondary N) is 2. The van der Waals surface area contributed by atoms with Crippen LogP contribution in [0.4, 0.5) is 0 Å². The van der Waals surface area contributed by atoms with Crippen molar-refractivity contribution in [2.24, 2.45) is 5.92 Å². The van der Waals surface area contributed by atoms with Gasteiger partial charge < -0.3 is 25.4 Å². The summed E-state index contributed by atoms with van der Waals surface area (Å²) < 4.78 is 5.94. The zero-order valence-electron chi connectivity index (χ0n) is 24.5. The van der Waals surface area contributed by atoms with Crippen LogP contribution in [0.1, 0.15) is 67.8 Å². The fraction of sp³-hybridized carbons (Fsp3) is 0.531. The number of nitrogens with zero attached hydrogens (tertiary/aromatic N) is 2. The Bertz CT molecular complexity index is 1230. The Morgan fingerprint density at radius 3 is 2.24 bits per heavy atom. The first-order valence-corrected chi connectivity index (χ1v) is 15.0. The number of piperidine rings is 1. The third-order valence-electron chi connectivity index (χ3n) is 9.06. The molecule has 2 saturated heterocycles. The zero-order chi connectivity index (χ0) is 29.0. The lowest BCUT2D eigenvalue weighted by molar-refractivity contribution is -0.166. The number of aliphatic hydroxyl groups excluding tert-OH is 1. The Morgan fingerprint density at radius 2 is 1.69 bits per heavy atom. The van der Waals surface area contributed by atoms with Gasteiger partial charge in [-0.05, 0) is 80.0 Å². The van der Waals surface area contributed by atoms with Crippen LogP contribution in [0.25, 0.3) is 0 Å². The highest BCUT2D eigenvalue weighted by molar-refractivity contribution is 6.00. The first-order chi connectivity index (χ1) is 19.8. The van der Waals surface area contributed by atoms with E-state index in [4.69, 9.17) is 4.74 Å². The topological polar surface area (TPSA) is 111 Å². The summed E-state index contributed by atoms with van der Waals surface area (Å²) in [7, 11) is 1.60. The minimum Gasteiger partial charge on any atom is -0.457 e. The molecule has 9 nitrogen and oxygen atoms in total. The standard InChI is InChI=1S/C32H42N4O5.ClH/c1-3-4-18-36-30(39)27(28(37)23-6-5-7-23)34-31(40)32(36)16-19-35(20-17-32)21-22-8-12-25(13-9-22)41-26-14-10-24(11-15-26)29(38)33-2;/h8-15,23,27-28,37H,3-7,16-21H2,1-2H3,(H,33,38)(H,34,40);1H/t27-,28-;/m1./s1. The maximum atomic E-state index is 13.6. The van der Waals surface area contributed by atoms with E-state index in [0.29, 0.717) is 49.5 Å². The average Bonchev–Trinajstić information content (AvgIpc) is 2.96. The molecule has 1 aliphatic carbocycles. The van der Waals surface area contributed by atoms with Crippen molar-refractivity contribution in [3.05, 3.63) is 59.7 Å². The monoisotopic (exact) mass is 598 g/mol. The Kier molecular flexibility index (Phi) is 10.5. The third kappa shape index (κ3) is 6.58. The fourth-order valence-corrected chi connectivity index (χ4v) is 6.22. The first-order valence-electron chi connectivity index (χ1n) is 15.0. The zero-order valence-corrected chi connectivity index (χ0v) is 25.3. The number of unbranched alkanes of at least 4 members (excludes halogenated alkanes) is 1. The number of hydrogen-bond acceptors (Lipinski definition) is 6. The van der Waals surface area contributed by atoms with Crippen LogP contribution in [0, 0.1) is 5.92 Å². The number of aliphatic hydroxyl groups is 1. The number of ether oxygens (including phenoxy) is 1. The van der Waals surface area contributed by atoms with Gasteiger partial charge in [-0.1, -0.05) is 31.9 Å². The molecule has 2 heterocycles. The number of likely N-dealkylation sites (tertiary alicyclic amines) is 1. The van der Waals surface area contributed by atoms with Crippen molar-refractivity contribution in [1.82, 2.24) is 20.4 Å². The Balaban J connectivity index is 0.00000405. The summed E-state index contributed by atoms with van der Waals surface area (Å²) in [6, 6.07) is 14.1. The predicted molar refractivity (Wildman–Crippen MR) is 163 cm³/mol. The summed E-state index contributed by atoms with van der Waals surface area (Å²) in [6.07, 6.45) is 5.01. The van der Waals surface area contributed by atoms with Gasteiger partial charge in [0.1, 0.15) is 23.1 Å². The van der Waals surface area contributed by atoms with E-state index in [-0.39, 0.29) is 36.0 Å². The largest absolute Gasteiger partial charge is 0.457 e. The summed E-state index contributed by atoms with van der Waals surface area (Å²) in [4.78, 5) is 43.1. The van der Waals surface area contributed by atoms with E-state index < -0.39 is 17.7 Å². The molecule has 1 saturated carbocycles. The molecule has 2 aromatic carbocycles. The van der Waals surface area contributed by atoms with Gasteiger partial charge in [-0.3, -0.25) is 19.3 Å². The number of hydrogen-bond donors (Lipinski definition) is 3. The number of rotatable bonds is 10. The van der Waals surface area contributed by atoms with Crippen LogP contribution in [-0.2, 0) is 16.1 Å². The molecule has 3 aliphatic rings. The Labute approximate surface area is 254 Å². The molecule has 2 aromatic rings. The molecule has 0 radical (unpaired) electrons. The lowest BCUT2D eigenvalue weighted by Gasteiger charge is -2.53. The molecule has 3 amide bonds. The van der Waals surface area contributed by atoms with Gasteiger partial charge in [0.05, 0.1) is 6.10 Å². The summed E-state index contributed by atoms with van der Waals surface area (Å²) in [5.41, 5.74) is 0.871. The first kappa shape index (κ1) is 31.8. The van der Waals surface area contributed by atoms with E-state index in [1.807, 2.05) is 29.2 Å². The van der Waals surface area contributed by atoms with Gasteiger partial charge in [0, 0.05) is 38.8 Å². The molecule has 0 aromatic heterocycles. The van der Waals surface area contributed by atoms with Gasteiger partial charge in [0.25, 0.3) is 5.91 Å². The van der Waals surface area contributed by atoms with Gasteiger partial charge in [0.2, 0.25) is 11.8 Å². The second-order valence-electron chi connectivity index (χ2n) is 11.6. The number of carbonyl (C=O) groups is 3. The smallest absolute Gasteiger partial charge is 0.251 e. The van der Waals surface area contributed by atoms with Gasteiger partial charge in [-0.15, -0.1) is 12.4 Å². The van der Waals surface area contributed by atoms with E-state index in [2.05, 4.69) is 22.5 Å². The van der Waals surface area contributed by atoms with Crippen LogP contribution in [0.15, 0.2) is 48.5 Å². The summed E-state index contributed by atoms with van der Waals surface area (Å²) in [5, 5.41) is 16.4. The van der Waals surface area contributed by atoms with E-state index >= 15 is 0 Å². The molecule has 0 unspecified atom stereocenters. The second-order valence-corrected chi connectivity index (χ2v) is 11.6. The van der Waals surface area contributed by atoms with Crippen molar-refractivity contribution in [3.63, 3.8) is 0 Å². The van der Waals surface area contributed by atoms with Crippen molar-refractivity contribution >= 4 is 30.1 Å². The summed E-state index contributed by atoms with van der Waals surface area (Å²) >= 11 is 0. The van der Waals surface area contributed by atoms with Crippen molar-refractivity contribution in [2.45, 2.75) is 76.1 Å². The molecular formula is C32H43ClN4O5. The molecule has 0 bridgehead atoms. The molecule has 2 atom stereocenters. The van der Waals surface area contributed by atoms with Crippen molar-refractivity contribution < 1.29 is 24.2 Å². The lowest BCUT2D eigenvalue weighted by atomic mass is 9.75.